The van der Waals surface area contributed by atoms with Gasteiger partial charge in [0.2, 0.25) is 0 Å². The Labute approximate surface area is 118 Å². The maximum Gasteiger partial charge on any atom is 0.149 e. The van der Waals surface area contributed by atoms with Crippen molar-refractivity contribution in [1.82, 2.24) is 5.32 Å². The van der Waals surface area contributed by atoms with Crippen molar-refractivity contribution in [3.63, 3.8) is 0 Å². The van der Waals surface area contributed by atoms with Gasteiger partial charge in [-0.15, -0.1) is 0 Å². The van der Waals surface area contributed by atoms with E-state index in [2.05, 4.69) is 5.32 Å². The largest absolute Gasteiger partial charge is 0.395 e. The molecule has 6 heteroatoms. The second-order valence-corrected chi connectivity index (χ2v) is 4.39. The van der Waals surface area contributed by atoms with Crippen LogP contribution in [0.5, 0.6) is 0 Å². The van der Waals surface area contributed by atoms with Gasteiger partial charge in [-0.05, 0) is 24.2 Å². The van der Waals surface area contributed by atoms with Crippen molar-refractivity contribution in [2.75, 3.05) is 44.9 Å². The third-order valence-electron chi connectivity index (χ3n) is 2.91. The van der Waals surface area contributed by atoms with Crippen molar-refractivity contribution >= 4 is 5.69 Å². The number of aliphatic hydroxyl groups excluding tert-OH is 1. The highest BCUT2D eigenvalue weighted by Crippen LogP contribution is 2.25. The van der Waals surface area contributed by atoms with E-state index in [1.165, 1.54) is 24.1 Å². The summed E-state index contributed by atoms with van der Waals surface area (Å²) in [7, 11) is 1.52. The van der Waals surface area contributed by atoms with Gasteiger partial charge in [-0.1, -0.05) is 6.92 Å². The van der Waals surface area contributed by atoms with Crippen molar-refractivity contribution in [1.29, 1.82) is 0 Å². The summed E-state index contributed by atoms with van der Waals surface area (Å²) >= 11 is 0. The lowest BCUT2D eigenvalue weighted by Crippen LogP contribution is -2.32. The first-order valence-corrected chi connectivity index (χ1v) is 6.67. The third kappa shape index (κ3) is 4.70. The minimum atomic E-state index is -0.623. The fourth-order valence-electron chi connectivity index (χ4n) is 1.95. The van der Waals surface area contributed by atoms with Crippen molar-refractivity contribution in [3.05, 3.63) is 29.3 Å². The molecule has 1 aromatic carbocycles. The summed E-state index contributed by atoms with van der Waals surface area (Å²) < 4.78 is 33.1. The Morgan fingerprint density at radius 3 is 2.40 bits per heavy atom. The Morgan fingerprint density at radius 1 is 1.25 bits per heavy atom. The first kappa shape index (κ1) is 16.8. The van der Waals surface area contributed by atoms with Crippen LogP contribution in [0.4, 0.5) is 14.5 Å². The molecule has 0 amide bonds. The zero-order chi connectivity index (χ0) is 15.0. The predicted molar refractivity (Wildman–Crippen MR) is 74.9 cm³/mol. The molecule has 0 bridgehead atoms. The molecule has 0 aliphatic rings. The molecule has 4 nitrogen and oxygen atoms in total. The zero-order valence-electron chi connectivity index (χ0n) is 12.0. The lowest BCUT2D eigenvalue weighted by atomic mass is 10.1. The van der Waals surface area contributed by atoms with E-state index in [9.17, 15) is 8.78 Å². The molecule has 0 spiro atoms. The van der Waals surface area contributed by atoms with Gasteiger partial charge in [-0.2, -0.15) is 0 Å². The molecule has 0 aromatic heterocycles. The Kier molecular flexibility index (Phi) is 7.43. The van der Waals surface area contributed by atoms with E-state index in [0.717, 1.165) is 6.54 Å². The van der Waals surface area contributed by atoms with Crippen LogP contribution >= 0.6 is 0 Å². The predicted octanol–water partition coefficient (Wildman–Crippen LogP) is 1.52. The fraction of sp³-hybridized carbons (Fsp3) is 0.571. The molecule has 0 aliphatic heterocycles. The van der Waals surface area contributed by atoms with Crippen molar-refractivity contribution in [2.45, 2.75) is 13.5 Å². The standard InChI is InChI=1S/C14H22F2N2O2/c1-3-17-10-11-8-12(15)14(13(16)9-11)18(4-6-19)5-7-20-2/h8-9,17,19H,3-7,10H2,1-2H3. The van der Waals surface area contributed by atoms with Gasteiger partial charge in [0.25, 0.3) is 0 Å². The van der Waals surface area contributed by atoms with E-state index in [4.69, 9.17) is 9.84 Å². The number of methoxy groups -OCH3 is 1. The number of ether oxygens (including phenoxy) is 1. The normalized spacial score (nSPS) is 10.8. The number of nitrogens with one attached hydrogen (secondary N) is 1. The molecule has 2 N–H and O–H groups in total. The zero-order valence-corrected chi connectivity index (χ0v) is 12.0. The van der Waals surface area contributed by atoms with Crippen LogP contribution in [0, 0.1) is 11.6 Å². The van der Waals surface area contributed by atoms with Crippen molar-refractivity contribution < 1.29 is 18.6 Å². The topological polar surface area (TPSA) is 44.7 Å². The Hall–Kier alpha value is -1.24. The second-order valence-electron chi connectivity index (χ2n) is 4.39. The summed E-state index contributed by atoms with van der Waals surface area (Å²) in [5, 5.41) is 12.0. The average Bonchev–Trinajstić information content (AvgIpc) is 2.41. The molecule has 0 unspecified atom stereocenters. The molecular formula is C14H22F2N2O2. The number of halogens is 2. The molecule has 0 saturated heterocycles. The van der Waals surface area contributed by atoms with E-state index < -0.39 is 11.6 Å². The van der Waals surface area contributed by atoms with Gasteiger partial charge < -0.3 is 20.1 Å². The third-order valence-corrected chi connectivity index (χ3v) is 2.91. The fourth-order valence-corrected chi connectivity index (χ4v) is 1.95. The van der Waals surface area contributed by atoms with Crippen LogP contribution in [0.3, 0.4) is 0 Å². The van der Waals surface area contributed by atoms with Crippen LogP contribution in [-0.2, 0) is 11.3 Å². The van der Waals surface area contributed by atoms with Gasteiger partial charge in [0.05, 0.1) is 13.2 Å². The average molecular weight is 288 g/mol. The molecule has 0 radical (unpaired) electrons. The summed E-state index contributed by atoms with van der Waals surface area (Å²) in [6.45, 7) is 3.70. The van der Waals surface area contributed by atoms with Crippen LogP contribution in [0.25, 0.3) is 0 Å². The summed E-state index contributed by atoms with van der Waals surface area (Å²) in [4.78, 5) is 1.45. The molecule has 1 rings (SSSR count). The molecule has 0 atom stereocenters. The number of nitrogens with zero attached hydrogens (tertiary/aromatic N) is 1. The van der Waals surface area contributed by atoms with E-state index >= 15 is 0 Å². The van der Waals surface area contributed by atoms with Gasteiger partial charge in [-0.25, -0.2) is 8.78 Å². The maximum absolute atomic E-state index is 14.1. The molecular weight excluding hydrogens is 266 g/mol. The minimum absolute atomic E-state index is 0.114. The minimum Gasteiger partial charge on any atom is -0.395 e. The summed E-state index contributed by atoms with van der Waals surface area (Å²) in [5.41, 5.74) is 0.442. The number of benzene rings is 1. The van der Waals surface area contributed by atoms with Crippen molar-refractivity contribution in [3.8, 4) is 0 Å². The first-order chi connectivity index (χ1) is 9.63. The monoisotopic (exact) mass is 288 g/mol. The second kappa shape index (κ2) is 8.84. The molecule has 1 aromatic rings. The molecule has 0 aliphatic carbocycles. The highest BCUT2D eigenvalue weighted by atomic mass is 19.1. The molecule has 0 saturated carbocycles. The summed E-state index contributed by atoms with van der Waals surface area (Å²) in [5.74, 6) is -1.25. The van der Waals surface area contributed by atoms with Crippen molar-refractivity contribution in [2.24, 2.45) is 0 Å². The number of rotatable bonds is 9. The highest BCUT2D eigenvalue weighted by Gasteiger charge is 2.17. The summed E-state index contributed by atoms with van der Waals surface area (Å²) in [6.07, 6.45) is 0. The lowest BCUT2D eigenvalue weighted by molar-refractivity contribution is 0.202. The quantitative estimate of drug-likeness (QED) is 0.723. The van der Waals surface area contributed by atoms with Crippen LogP contribution in [0.15, 0.2) is 12.1 Å². The smallest absolute Gasteiger partial charge is 0.149 e. The highest BCUT2D eigenvalue weighted by molar-refractivity contribution is 5.50. The van der Waals surface area contributed by atoms with E-state index in [0.29, 0.717) is 25.3 Å². The Balaban J connectivity index is 2.96. The Bertz CT molecular complexity index is 393. The van der Waals surface area contributed by atoms with Gasteiger partial charge in [0.1, 0.15) is 17.3 Å². The number of anilines is 1. The molecule has 114 valence electrons. The van der Waals surface area contributed by atoms with Crippen LogP contribution < -0.4 is 10.2 Å². The van der Waals surface area contributed by atoms with Gasteiger partial charge in [0.15, 0.2) is 0 Å². The van der Waals surface area contributed by atoms with Gasteiger partial charge in [0, 0.05) is 26.7 Å². The van der Waals surface area contributed by atoms with Crippen LogP contribution in [0.1, 0.15) is 12.5 Å². The molecule has 0 heterocycles. The van der Waals surface area contributed by atoms with E-state index in [-0.39, 0.29) is 18.8 Å². The number of hydrogen-bond acceptors (Lipinski definition) is 4. The molecule has 20 heavy (non-hydrogen) atoms. The van der Waals surface area contributed by atoms with Gasteiger partial charge in [-0.3, -0.25) is 0 Å². The number of hydrogen-bond donors (Lipinski definition) is 2. The van der Waals surface area contributed by atoms with E-state index in [1.807, 2.05) is 6.92 Å². The van der Waals surface area contributed by atoms with Gasteiger partial charge >= 0.3 is 0 Å². The SMILES string of the molecule is CCNCc1cc(F)c(N(CCO)CCOC)c(F)c1. The lowest BCUT2D eigenvalue weighted by Gasteiger charge is -2.25. The summed E-state index contributed by atoms with van der Waals surface area (Å²) in [6, 6.07) is 2.64. The molecule has 0 fully saturated rings. The first-order valence-electron chi connectivity index (χ1n) is 6.67. The number of aliphatic hydroxyl groups is 1. The Morgan fingerprint density at radius 2 is 1.90 bits per heavy atom. The van der Waals surface area contributed by atoms with Crippen LogP contribution in [-0.4, -0.2) is 45.1 Å². The van der Waals surface area contributed by atoms with E-state index in [1.54, 1.807) is 0 Å². The maximum atomic E-state index is 14.1. The van der Waals surface area contributed by atoms with Crippen LogP contribution in [0.2, 0.25) is 0 Å².